The summed E-state index contributed by atoms with van der Waals surface area (Å²) in [7, 11) is -4.10. The molecular formula is C3H8NO5PZn. The van der Waals surface area contributed by atoms with E-state index in [9.17, 15) is 9.36 Å². The molecule has 11 heavy (non-hydrogen) atoms. The SMILES string of the molecule is O=C(O)CNCP(=O)(O)O.[Zn]. The molecule has 0 unspecified atom stereocenters. The van der Waals surface area contributed by atoms with E-state index >= 15 is 0 Å². The van der Waals surface area contributed by atoms with Gasteiger partial charge in [0, 0.05) is 19.5 Å². The molecule has 0 radical (unpaired) electrons. The van der Waals surface area contributed by atoms with E-state index in [-0.39, 0.29) is 19.5 Å². The van der Waals surface area contributed by atoms with Gasteiger partial charge in [0.2, 0.25) is 0 Å². The van der Waals surface area contributed by atoms with Crippen LogP contribution in [0.2, 0.25) is 0 Å². The predicted octanol–water partition coefficient (Wildman–Crippen LogP) is -1.21. The van der Waals surface area contributed by atoms with Crippen LogP contribution in [-0.2, 0) is 28.8 Å². The third kappa shape index (κ3) is 13.2. The van der Waals surface area contributed by atoms with Gasteiger partial charge in [-0.25, -0.2) is 0 Å². The second-order valence-corrected chi connectivity index (χ2v) is 3.29. The standard InChI is InChI=1S/C3H8NO5P.Zn/c5-3(6)1-4-2-10(7,8)9;/h4H,1-2H2,(H,5,6)(H2,7,8,9);. The van der Waals surface area contributed by atoms with Gasteiger partial charge in [0.1, 0.15) is 0 Å². The second-order valence-electron chi connectivity index (χ2n) is 1.64. The van der Waals surface area contributed by atoms with Crippen LogP contribution in [0, 0.1) is 0 Å². The zero-order valence-corrected chi connectivity index (χ0v) is 9.59. The summed E-state index contributed by atoms with van der Waals surface area (Å²) in [5, 5.41) is 10.1. The molecule has 0 bridgehead atoms. The maximum Gasteiger partial charge on any atom is 0.339 e. The summed E-state index contributed by atoms with van der Waals surface area (Å²) in [6.45, 7) is -0.439. The van der Waals surface area contributed by atoms with Crippen molar-refractivity contribution in [2.75, 3.05) is 12.8 Å². The van der Waals surface area contributed by atoms with Crippen LogP contribution in [0.5, 0.6) is 0 Å². The minimum atomic E-state index is -4.10. The maximum atomic E-state index is 10.1. The molecule has 8 heteroatoms. The van der Waals surface area contributed by atoms with Gasteiger partial charge in [-0.3, -0.25) is 14.7 Å². The minimum absolute atomic E-state index is 0. The van der Waals surface area contributed by atoms with E-state index in [1.165, 1.54) is 0 Å². The molecule has 6 nitrogen and oxygen atoms in total. The van der Waals surface area contributed by atoms with Crippen molar-refractivity contribution in [3.05, 3.63) is 0 Å². The Kier molecular flexibility index (Phi) is 7.26. The Labute approximate surface area is 75.9 Å². The van der Waals surface area contributed by atoms with Crippen LogP contribution in [0.15, 0.2) is 0 Å². The van der Waals surface area contributed by atoms with Gasteiger partial charge >= 0.3 is 13.6 Å². The largest absolute Gasteiger partial charge is 0.480 e. The van der Waals surface area contributed by atoms with Gasteiger partial charge in [-0.1, -0.05) is 0 Å². The summed E-state index contributed by atoms with van der Waals surface area (Å²) in [6, 6.07) is 0. The number of hydrogen-bond acceptors (Lipinski definition) is 3. The molecule has 0 amide bonds. The van der Waals surface area contributed by atoms with Crippen molar-refractivity contribution in [3.8, 4) is 0 Å². The molecule has 0 heterocycles. The first-order valence-electron chi connectivity index (χ1n) is 2.39. The Morgan fingerprint density at radius 1 is 1.45 bits per heavy atom. The van der Waals surface area contributed by atoms with E-state index in [0.29, 0.717) is 0 Å². The molecule has 0 aliphatic heterocycles. The number of aliphatic carboxylic acids is 1. The fourth-order valence-electron chi connectivity index (χ4n) is 0.308. The monoisotopic (exact) mass is 233 g/mol. The van der Waals surface area contributed by atoms with Gasteiger partial charge in [0.15, 0.2) is 0 Å². The Balaban J connectivity index is 0. The van der Waals surface area contributed by atoms with Crippen LogP contribution >= 0.6 is 7.60 Å². The zero-order valence-electron chi connectivity index (χ0n) is 5.73. The number of nitrogens with one attached hydrogen (secondary N) is 1. The molecule has 0 aromatic carbocycles. The molecule has 4 N–H and O–H groups in total. The van der Waals surface area contributed by atoms with Crippen molar-refractivity contribution >= 4 is 13.6 Å². The fourth-order valence-corrected chi connectivity index (χ4v) is 0.712. The summed E-state index contributed by atoms with van der Waals surface area (Å²) in [6.07, 6.45) is -0.598. The fraction of sp³-hybridized carbons (Fsp3) is 0.667. The number of rotatable bonds is 4. The van der Waals surface area contributed by atoms with Crippen LogP contribution < -0.4 is 5.32 Å². The quantitative estimate of drug-likeness (QED) is 0.359. The van der Waals surface area contributed by atoms with Gasteiger partial charge in [0.05, 0.1) is 12.8 Å². The van der Waals surface area contributed by atoms with E-state index < -0.39 is 26.4 Å². The molecule has 0 spiro atoms. The molecule has 0 aliphatic rings. The van der Waals surface area contributed by atoms with Crippen molar-refractivity contribution in [3.63, 3.8) is 0 Å². The molecule has 62 valence electrons. The first-order valence-corrected chi connectivity index (χ1v) is 4.18. The van der Waals surface area contributed by atoms with Crippen molar-refractivity contribution in [1.82, 2.24) is 5.32 Å². The Hall–Kier alpha value is 0.203. The van der Waals surface area contributed by atoms with Crippen molar-refractivity contribution < 1.29 is 43.7 Å². The molecule has 0 aliphatic carbocycles. The zero-order chi connectivity index (χ0) is 8.20. The summed E-state index contributed by atoms with van der Waals surface area (Å²) in [5.41, 5.74) is 0. The number of carboxylic acid groups (broad SMARTS) is 1. The van der Waals surface area contributed by atoms with Crippen molar-refractivity contribution in [2.24, 2.45) is 0 Å². The normalized spacial score (nSPS) is 10.4. The molecule has 0 aromatic rings. The summed E-state index contributed by atoms with van der Waals surface area (Å²) in [5.74, 6) is -1.14. The van der Waals surface area contributed by atoms with Crippen LogP contribution in [0.1, 0.15) is 0 Å². The minimum Gasteiger partial charge on any atom is -0.480 e. The van der Waals surface area contributed by atoms with Crippen molar-refractivity contribution in [1.29, 1.82) is 0 Å². The predicted molar refractivity (Wildman–Crippen MR) is 32.5 cm³/mol. The van der Waals surface area contributed by atoms with Gasteiger partial charge in [-0.15, -0.1) is 0 Å². The van der Waals surface area contributed by atoms with Gasteiger partial charge in [-0.05, 0) is 0 Å². The molecule has 0 fully saturated rings. The van der Waals surface area contributed by atoms with Crippen LogP contribution in [0.3, 0.4) is 0 Å². The van der Waals surface area contributed by atoms with E-state index in [0.717, 1.165) is 0 Å². The summed E-state index contributed by atoms with van der Waals surface area (Å²) < 4.78 is 10.1. The van der Waals surface area contributed by atoms with Gasteiger partial charge < -0.3 is 14.9 Å². The number of carboxylic acids is 1. The third-order valence-corrected chi connectivity index (χ3v) is 1.23. The topological polar surface area (TPSA) is 107 Å². The van der Waals surface area contributed by atoms with E-state index in [1.807, 2.05) is 0 Å². The van der Waals surface area contributed by atoms with E-state index in [1.54, 1.807) is 0 Å². The number of hydrogen-bond donors (Lipinski definition) is 4. The molecule has 0 saturated heterocycles. The average molecular weight is 234 g/mol. The van der Waals surface area contributed by atoms with Crippen molar-refractivity contribution in [2.45, 2.75) is 0 Å². The van der Waals surface area contributed by atoms with Crippen LogP contribution in [0.4, 0.5) is 0 Å². The molecular weight excluding hydrogens is 226 g/mol. The van der Waals surface area contributed by atoms with Crippen LogP contribution in [0.25, 0.3) is 0 Å². The molecule has 0 saturated carbocycles. The number of carbonyl (C=O) groups is 1. The Bertz CT molecular complexity index is 167. The second kappa shape index (κ2) is 5.80. The molecule has 0 rings (SSSR count). The first-order chi connectivity index (χ1) is 4.42. The Morgan fingerprint density at radius 3 is 2.18 bits per heavy atom. The van der Waals surface area contributed by atoms with Crippen LogP contribution in [-0.4, -0.2) is 33.7 Å². The molecule has 0 atom stereocenters. The molecule has 0 aromatic heterocycles. The maximum absolute atomic E-state index is 10.1. The third-order valence-electron chi connectivity index (χ3n) is 0.594. The van der Waals surface area contributed by atoms with Gasteiger partial charge in [-0.2, -0.15) is 0 Å². The van der Waals surface area contributed by atoms with E-state index in [4.69, 9.17) is 14.9 Å². The first kappa shape index (κ1) is 13.8. The summed E-state index contributed by atoms with van der Waals surface area (Å²) in [4.78, 5) is 26.1. The Morgan fingerprint density at radius 2 is 1.91 bits per heavy atom. The van der Waals surface area contributed by atoms with E-state index in [2.05, 4.69) is 5.32 Å². The smallest absolute Gasteiger partial charge is 0.339 e. The average Bonchev–Trinajstić information content (AvgIpc) is 1.59. The summed E-state index contributed by atoms with van der Waals surface area (Å²) >= 11 is 0. The van der Waals surface area contributed by atoms with Gasteiger partial charge in [0.25, 0.3) is 0 Å².